The summed E-state index contributed by atoms with van der Waals surface area (Å²) in [6.07, 6.45) is 4.92. The lowest BCUT2D eigenvalue weighted by Gasteiger charge is -2.45. The first kappa shape index (κ1) is 27.7. The third kappa shape index (κ3) is 4.77. The fourth-order valence-electron chi connectivity index (χ4n) is 7.08. The number of anilines is 1. The summed E-state index contributed by atoms with van der Waals surface area (Å²) in [5.41, 5.74) is 3.59. The van der Waals surface area contributed by atoms with E-state index in [2.05, 4.69) is 56.5 Å². The lowest BCUT2D eigenvalue weighted by atomic mass is 9.84. The van der Waals surface area contributed by atoms with Crippen LogP contribution in [0.1, 0.15) is 42.1 Å². The molecule has 214 valence electrons. The van der Waals surface area contributed by atoms with Crippen LogP contribution in [0.4, 0.5) is 10.1 Å². The van der Waals surface area contributed by atoms with Crippen molar-refractivity contribution in [3.05, 3.63) is 89.5 Å². The van der Waals surface area contributed by atoms with Crippen LogP contribution in [0.25, 0.3) is 10.8 Å². The summed E-state index contributed by atoms with van der Waals surface area (Å²) < 4.78 is 15.5. The number of nitrogens with zero attached hydrogens (tertiary/aromatic N) is 6. The van der Waals surface area contributed by atoms with E-state index in [-0.39, 0.29) is 31.8 Å². The molecule has 0 radical (unpaired) electrons. The molecule has 8 nitrogen and oxygen atoms in total. The average molecular weight is 575 g/mol. The van der Waals surface area contributed by atoms with Crippen molar-refractivity contribution < 1.29 is 14.3 Å². The zero-order valence-corrected chi connectivity index (χ0v) is 23.9. The van der Waals surface area contributed by atoms with Crippen LogP contribution in [0.15, 0.2) is 66.9 Å². The molecule has 1 atom stereocenters. The fraction of sp³-hybridized carbons (Fsp3) is 0.387. The second-order valence-corrected chi connectivity index (χ2v) is 11.2. The molecule has 41 heavy (non-hydrogen) atoms. The second-order valence-electron chi connectivity index (χ2n) is 11.2. The molecule has 7 rings (SSSR count). The van der Waals surface area contributed by atoms with Gasteiger partial charge < -0.3 is 14.9 Å². The Balaban J connectivity index is 0.00000302. The molecule has 2 aliphatic heterocycles. The van der Waals surface area contributed by atoms with Crippen LogP contribution in [0.5, 0.6) is 0 Å². The molecule has 0 saturated carbocycles. The second kappa shape index (κ2) is 11.1. The van der Waals surface area contributed by atoms with Crippen LogP contribution < -0.4 is 4.90 Å². The number of piperidine rings is 1. The Morgan fingerprint density at radius 2 is 1.76 bits per heavy atom. The fourth-order valence-corrected chi connectivity index (χ4v) is 7.08. The summed E-state index contributed by atoms with van der Waals surface area (Å²) in [5, 5.41) is 19.9. The summed E-state index contributed by atoms with van der Waals surface area (Å²) in [5.74, 6) is -0.122. The van der Waals surface area contributed by atoms with Crippen LogP contribution in [-0.4, -0.2) is 67.6 Å². The topological polar surface area (TPSA) is 77.7 Å². The van der Waals surface area contributed by atoms with Crippen LogP contribution in [0.2, 0.25) is 0 Å². The molecule has 2 saturated heterocycles. The van der Waals surface area contributed by atoms with Gasteiger partial charge in [-0.2, -0.15) is 13.5 Å². The number of likely N-dealkylation sites (tertiary alicyclic amines) is 1. The highest BCUT2D eigenvalue weighted by molar-refractivity contribution is 7.59. The molecule has 3 heterocycles. The van der Waals surface area contributed by atoms with E-state index < -0.39 is 5.54 Å². The van der Waals surface area contributed by atoms with Gasteiger partial charge in [0, 0.05) is 37.9 Å². The number of aryl methyl sites for hydroxylation is 1. The molecule has 0 bridgehead atoms. The van der Waals surface area contributed by atoms with Crippen molar-refractivity contribution in [3.63, 3.8) is 0 Å². The molecule has 3 aliphatic rings. The predicted molar refractivity (Wildman–Crippen MR) is 160 cm³/mol. The molecule has 1 aromatic heterocycles. The zero-order chi connectivity index (χ0) is 27.3. The normalized spacial score (nSPS) is 19.9. The van der Waals surface area contributed by atoms with Crippen molar-refractivity contribution in [1.29, 1.82) is 0 Å². The smallest absolute Gasteiger partial charge is 0.250 e. The van der Waals surface area contributed by atoms with E-state index in [0.717, 1.165) is 44.5 Å². The minimum Gasteiger partial charge on any atom is -0.390 e. The Hall–Kier alpha value is -3.47. The van der Waals surface area contributed by atoms with E-state index in [1.165, 1.54) is 34.0 Å². The minimum absolute atomic E-state index is 0. The summed E-state index contributed by atoms with van der Waals surface area (Å²) in [6, 6.07) is 20.1. The first-order valence-electron chi connectivity index (χ1n) is 14.1. The number of aliphatic hydroxyl groups excluding tert-OH is 1. The molecule has 2 fully saturated rings. The largest absolute Gasteiger partial charge is 0.390 e. The summed E-state index contributed by atoms with van der Waals surface area (Å²) >= 11 is 0. The van der Waals surface area contributed by atoms with Crippen molar-refractivity contribution in [2.24, 2.45) is 0 Å². The number of carbonyl (C=O) groups is 1. The zero-order valence-electron chi connectivity index (χ0n) is 22.9. The lowest BCUT2D eigenvalue weighted by molar-refractivity contribution is -0.133. The quantitative estimate of drug-likeness (QED) is 0.360. The highest BCUT2D eigenvalue weighted by Gasteiger charge is 2.54. The van der Waals surface area contributed by atoms with Crippen molar-refractivity contribution in [1.82, 2.24) is 24.8 Å². The summed E-state index contributed by atoms with van der Waals surface area (Å²) in [6.45, 7) is 3.21. The number of hydrogen-bond acceptors (Lipinski definition) is 6. The molecule has 3 aromatic carbocycles. The molecule has 0 unspecified atom stereocenters. The van der Waals surface area contributed by atoms with Gasteiger partial charge in [-0.15, -0.1) is 5.10 Å². The van der Waals surface area contributed by atoms with Gasteiger partial charge in [0.15, 0.2) is 0 Å². The van der Waals surface area contributed by atoms with Gasteiger partial charge >= 0.3 is 0 Å². The van der Waals surface area contributed by atoms with E-state index in [9.17, 15) is 14.3 Å². The molecular weight excluding hydrogens is 539 g/mol. The van der Waals surface area contributed by atoms with Gasteiger partial charge in [-0.25, -0.2) is 4.39 Å². The van der Waals surface area contributed by atoms with Crippen LogP contribution >= 0.6 is 13.5 Å². The lowest BCUT2D eigenvalue weighted by Crippen LogP contribution is -2.57. The SMILES string of the molecule is O=C1N(CCCn2cc(CO)nn2)CN(c2ccc(F)cc2)C12CCN([C@H]1Cc3cccc4cccc1c34)CC2.S. The molecule has 1 N–H and O–H groups in total. The van der Waals surface area contributed by atoms with Gasteiger partial charge in [-0.05, 0) is 71.8 Å². The number of halogens is 1. The Bertz CT molecular complexity index is 1550. The van der Waals surface area contributed by atoms with Crippen LogP contribution in [0.3, 0.4) is 0 Å². The monoisotopic (exact) mass is 574 g/mol. The average Bonchev–Trinajstić information content (AvgIpc) is 3.67. The van der Waals surface area contributed by atoms with Gasteiger partial charge in [0.1, 0.15) is 17.1 Å². The van der Waals surface area contributed by atoms with Gasteiger partial charge in [-0.1, -0.05) is 41.6 Å². The first-order valence-corrected chi connectivity index (χ1v) is 14.1. The van der Waals surface area contributed by atoms with Crippen molar-refractivity contribution in [2.45, 2.75) is 50.4 Å². The molecule has 10 heteroatoms. The van der Waals surface area contributed by atoms with Crippen LogP contribution in [-0.2, 0) is 24.4 Å². The third-order valence-electron chi connectivity index (χ3n) is 9.08. The first-order chi connectivity index (χ1) is 19.6. The van der Waals surface area contributed by atoms with E-state index in [1.807, 2.05) is 4.90 Å². The number of carbonyl (C=O) groups excluding carboxylic acids is 1. The maximum atomic E-state index is 14.1. The van der Waals surface area contributed by atoms with E-state index in [1.54, 1.807) is 23.0 Å². The number of hydrogen-bond donors (Lipinski definition) is 1. The number of aliphatic hydroxyl groups is 1. The predicted octanol–water partition coefficient (Wildman–Crippen LogP) is 4.00. The Labute approximate surface area is 245 Å². The Kier molecular flexibility index (Phi) is 7.48. The van der Waals surface area contributed by atoms with Gasteiger partial charge in [0.25, 0.3) is 0 Å². The van der Waals surface area contributed by atoms with Gasteiger partial charge in [0.2, 0.25) is 5.91 Å². The van der Waals surface area contributed by atoms with Crippen LogP contribution in [0, 0.1) is 5.82 Å². The van der Waals surface area contributed by atoms with Gasteiger partial charge in [0.05, 0.1) is 19.5 Å². The number of rotatable bonds is 7. The maximum Gasteiger partial charge on any atom is 0.250 e. The number of aromatic nitrogens is 3. The van der Waals surface area contributed by atoms with Crippen molar-refractivity contribution >= 4 is 35.9 Å². The maximum absolute atomic E-state index is 14.1. The van der Waals surface area contributed by atoms with Gasteiger partial charge in [-0.3, -0.25) is 14.4 Å². The number of amides is 1. The Morgan fingerprint density at radius 3 is 2.49 bits per heavy atom. The number of benzene rings is 3. The Morgan fingerprint density at radius 1 is 1.00 bits per heavy atom. The minimum atomic E-state index is -0.636. The van der Waals surface area contributed by atoms with Crippen molar-refractivity contribution in [2.75, 3.05) is 31.2 Å². The molecule has 1 spiro atoms. The highest BCUT2D eigenvalue weighted by Crippen LogP contribution is 2.45. The third-order valence-corrected chi connectivity index (χ3v) is 9.08. The molecule has 4 aromatic rings. The van der Waals surface area contributed by atoms with Crippen molar-refractivity contribution in [3.8, 4) is 0 Å². The summed E-state index contributed by atoms with van der Waals surface area (Å²) in [4.78, 5) is 20.8. The van der Waals surface area contributed by atoms with E-state index in [0.29, 0.717) is 31.5 Å². The standard InChI is InChI=1S/C31H33FN6O2.H2S/c32-24-8-10-26(11-9-24)38-21-36(14-3-15-37-19-25(20-39)33-34-37)30(40)31(38)12-16-35(17-13-31)28-18-23-6-1-4-22-5-2-7-27(28)29(22)23;/h1-2,4-11,19,28,39H,3,12-18,20-21H2;1H2/t28-;/m0./s1. The van der Waals surface area contributed by atoms with E-state index >= 15 is 0 Å². The van der Waals surface area contributed by atoms with E-state index in [4.69, 9.17) is 0 Å². The highest BCUT2D eigenvalue weighted by atomic mass is 32.1. The summed E-state index contributed by atoms with van der Waals surface area (Å²) in [7, 11) is 0. The molecule has 1 amide bonds. The molecule has 1 aliphatic carbocycles. The molecular formula is C31H35FN6O2S.